The number of alkyl halides is 4. The van der Waals surface area contributed by atoms with Crippen LogP contribution in [0.5, 0.6) is 0 Å². The third-order valence-corrected chi connectivity index (χ3v) is 2.98. The molecular formula is C7H11F3IN. The largest absolute Gasteiger partial charge is 0.394 e. The van der Waals surface area contributed by atoms with Gasteiger partial charge < -0.3 is 5.73 Å². The van der Waals surface area contributed by atoms with Gasteiger partial charge in [0.05, 0.1) is 9.46 Å². The highest BCUT2D eigenvalue weighted by Crippen LogP contribution is 2.60. The van der Waals surface area contributed by atoms with Crippen molar-refractivity contribution in [1.82, 2.24) is 0 Å². The lowest BCUT2D eigenvalue weighted by atomic mass is 10.00. The van der Waals surface area contributed by atoms with Crippen molar-refractivity contribution < 1.29 is 13.2 Å². The van der Waals surface area contributed by atoms with Crippen LogP contribution in [0, 0.1) is 5.41 Å². The van der Waals surface area contributed by atoms with Crippen LogP contribution in [0.4, 0.5) is 13.2 Å². The molecule has 0 aromatic heterocycles. The zero-order chi connectivity index (χ0) is 9.41. The lowest BCUT2D eigenvalue weighted by molar-refractivity contribution is -0.189. The van der Waals surface area contributed by atoms with E-state index in [0.717, 1.165) is 0 Å². The van der Waals surface area contributed by atoms with E-state index in [4.69, 9.17) is 5.73 Å². The number of hydrogen-bond donors (Lipinski definition) is 1. The molecular weight excluding hydrogens is 282 g/mol. The van der Waals surface area contributed by atoms with Crippen LogP contribution in [-0.4, -0.2) is 10.2 Å². The Morgan fingerprint density at radius 2 is 1.92 bits per heavy atom. The number of halogens is 4. The second-order valence-electron chi connectivity index (χ2n) is 3.33. The molecule has 1 saturated carbocycles. The van der Waals surface area contributed by atoms with Crippen LogP contribution in [0.25, 0.3) is 0 Å². The molecule has 1 fully saturated rings. The molecule has 0 bridgehead atoms. The molecule has 0 aromatic carbocycles. The van der Waals surface area contributed by atoms with E-state index in [1.54, 1.807) is 0 Å². The summed E-state index contributed by atoms with van der Waals surface area (Å²) in [6.45, 7) is 0. The van der Waals surface area contributed by atoms with Gasteiger partial charge in [-0.05, 0) is 25.7 Å². The maximum Gasteiger partial charge on any atom is 0.394 e. The van der Waals surface area contributed by atoms with E-state index in [9.17, 15) is 13.2 Å². The van der Waals surface area contributed by atoms with Gasteiger partial charge in [-0.25, -0.2) is 0 Å². The summed E-state index contributed by atoms with van der Waals surface area (Å²) in [5, 5.41) is 0. The molecule has 0 heterocycles. The molecule has 0 aliphatic heterocycles. The van der Waals surface area contributed by atoms with Crippen LogP contribution < -0.4 is 5.73 Å². The fraction of sp³-hybridized carbons (Fsp3) is 1.00. The molecule has 1 unspecified atom stereocenters. The molecule has 0 radical (unpaired) electrons. The molecule has 2 N–H and O–H groups in total. The van der Waals surface area contributed by atoms with Crippen LogP contribution in [0.1, 0.15) is 25.7 Å². The highest BCUT2D eigenvalue weighted by atomic mass is 127. The van der Waals surface area contributed by atoms with Gasteiger partial charge in [0.15, 0.2) is 0 Å². The standard InChI is InChI=1S/C7H11F3IN/c8-7(9,10)6(3-4-6)2-1-5(11)12/h5H,1-4,12H2. The molecule has 0 saturated heterocycles. The topological polar surface area (TPSA) is 26.0 Å². The number of rotatable bonds is 3. The quantitative estimate of drug-likeness (QED) is 0.483. The molecule has 72 valence electrons. The Labute approximate surface area is 83.0 Å². The smallest absolute Gasteiger partial charge is 0.320 e. The molecule has 0 aromatic rings. The lowest BCUT2D eigenvalue weighted by Crippen LogP contribution is -2.26. The van der Waals surface area contributed by atoms with Crippen LogP contribution in [0.2, 0.25) is 0 Å². The maximum absolute atomic E-state index is 12.3. The van der Waals surface area contributed by atoms with Crippen LogP contribution in [0.3, 0.4) is 0 Å². The van der Waals surface area contributed by atoms with Crippen molar-refractivity contribution >= 4 is 22.6 Å². The van der Waals surface area contributed by atoms with Crippen molar-refractivity contribution in [2.45, 2.75) is 35.9 Å². The molecule has 12 heavy (non-hydrogen) atoms. The first-order valence-corrected chi connectivity index (χ1v) is 5.08. The SMILES string of the molecule is NC(I)CCC1(C(F)(F)F)CC1. The Hall–Kier alpha value is 0.480. The first kappa shape index (κ1) is 10.6. The average Bonchev–Trinajstić information content (AvgIpc) is 2.60. The fourth-order valence-electron chi connectivity index (χ4n) is 1.24. The summed E-state index contributed by atoms with van der Waals surface area (Å²) in [4.78, 5) is 0. The Bertz CT molecular complexity index is 163. The molecule has 0 amide bonds. The second-order valence-corrected chi connectivity index (χ2v) is 4.93. The summed E-state index contributed by atoms with van der Waals surface area (Å²) in [7, 11) is 0. The summed E-state index contributed by atoms with van der Waals surface area (Å²) in [6, 6.07) is 0. The maximum atomic E-state index is 12.3. The van der Waals surface area contributed by atoms with Gasteiger partial charge in [0, 0.05) is 0 Å². The van der Waals surface area contributed by atoms with E-state index in [0.29, 0.717) is 19.3 Å². The van der Waals surface area contributed by atoms with E-state index < -0.39 is 11.6 Å². The van der Waals surface area contributed by atoms with Crippen LogP contribution >= 0.6 is 22.6 Å². The highest BCUT2D eigenvalue weighted by Gasteiger charge is 2.62. The molecule has 1 aliphatic rings. The van der Waals surface area contributed by atoms with Crippen molar-refractivity contribution in [3.05, 3.63) is 0 Å². The van der Waals surface area contributed by atoms with E-state index in [2.05, 4.69) is 0 Å². The lowest BCUT2D eigenvalue weighted by Gasteiger charge is -2.19. The minimum atomic E-state index is -4.02. The second kappa shape index (κ2) is 3.32. The van der Waals surface area contributed by atoms with Crippen LogP contribution in [-0.2, 0) is 0 Å². The van der Waals surface area contributed by atoms with E-state index in [1.165, 1.54) is 0 Å². The highest BCUT2D eigenvalue weighted by molar-refractivity contribution is 14.1. The summed E-state index contributed by atoms with van der Waals surface area (Å²) < 4.78 is 36.8. The molecule has 1 atom stereocenters. The van der Waals surface area contributed by atoms with Gasteiger partial charge in [-0.1, -0.05) is 22.6 Å². The van der Waals surface area contributed by atoms with Crippen molar-refractivity contribution in [1.29, 1.82) is 0 Å². The van der Waals surface area contributed by atoms with Crippen molar-refractivity contribution in [3.63, 3.8) is 0 Å². The Morgan fingerprint density at radius 1 is 1.42 bits per heavy atom. The zero-order valence-corrected chi connectivity index (χ0v) is 8.65. The van der Waals surface area contributed by atoms with E-state index in [-0.39, 0.29) is 10.5 Å². The number of hydrogen-bond acceptors (Lipinski definition) is 1. The van der Waals surface area contributed by atoms with Crippen molar-refractivity contribution in [2.75, 3.05) is 0 Å². The molecule has 0 spiro atoms. The summed E-state index contributed by atoms with van der Waals surface area (Å²) in [5.74, 6) is 0. The third kappa shape index (κ3) is 2.25. The van der Waals surface area contributed by atoms with E-state index in [1.807, 2.05) is 22.6 Å². The van der Waals surface area contributed by atoms with Gasteiger partial charge in [0.25, 0.3) is 0 Å². The molecule has 5 heteroatoms. The van der Waals surface area contributed by atoms with Gasteiger partial charge in [0.1, 0.15) is 0 Å². The normalized spacial score (nSPS) is 23.8. The van der Waals surface area contributed by atoms with Gasteiger partial charge in [-0.2, -0.15) is 13.2 Å². The first-order chi connectivity index (χ1) is 5.37. The predicted molar refractivity (Wildman–Crippen MR) is 49.0 cm³/mol. The van der Waals surface area contributed by atoms with E-state index >= 15 is 0 Å². The van der Waals surface area contributed by atoms with Gasteiger partial charge >= 0.3 is 6.18 Å². The monoisotopic (exact) mass is 293 g/mol. The Kier molecular flexibility index (Phi) is 2.92. The fourth-order valence-corrected chi connectivity index (χ4v) is 1.55. The molecule has 1 aliphatic carbocycles. The average molecular weight is 293 g/mol. The Morgan fingerprint density at radius 3 is 2.17 bits per heavy atom. The molecule has 1 rings (SSSR count). The Balaban J connectivity index is 2.40. The summed E-state index contributed by atoms with van der Waals surface area (Å²) >= 11 is 1.95. The summed E-state index contributed by atoms with van der Waals surface area (Å²) in [6.07, 6.45) is -2.78. The van der Waals surface area contributed by atoms with Crippen LogP contribution in [0.15, 0.2) is 0 Å². The minimum absolute atomic E-state index is 0.151. The number of nitrogens with two attached hydrogens (primary N) is 1. The van der Waals surface area contributed by atoms with Gasteiger partial charge in [-0.3, -0.25) is 0 Å². The van der Waals surface area contributed by atoms with Gasteiger partial charge in [0.2, 0.25) is 0 Å². The predicted octanol–water partition coefficient (Wildman–Crippen LogP) is 2.83. The van der Waals surface area contributed by atoms with Gasteiger partial charge in [-0.15, -0.1) is 0 Å². The third-order valence-electron chi connectivity index (χ3n) is 2.35. The first-order valence-electron chi connectivity index (χ1n) is 3.84. The zero-order valence-electron chi connectivity index (χ0n) is 6.49. The van der Waals surface area contributed by atoms with Crippen molar-refractivity contribution in [2.24, 2.45) is 11.1 Å². The molecule has 1 nitrogen and oxygen atoms in total. The minimum Gasteiger partial charge on any atom is -0.320 e. The summed E-state index contributed by atoms with van der Waals surface area (Å²) in [5.41, 5.74) is 4.02. The van der Waals surface area contributed by atoms with Crippen molar-refractivity contribution in [3.8, 4) is 0 Å².